The van der Waals surface area contributed by atoms with Gasteiger partial charge in [-0.2, -0.15) is 0 Å². The Labute approximate surface area is 133 Å². The minimum atomic E-state index is -0.436. The van der Waals surface area contributed by atoms with Gasteiger partial charge in [0.2, 0.25) is 0 Å². The van der Waals surface area contributed by atoms with E-state index < -0.39 is 5.60 Å². The molecule has 1 aromatic rings. The summed E-state index contributed by atoms with van der Waals surface area (Å²) < 4.78 is 6.43. The van der Waals surface area contributed by atoms with Crippen LogP contribution in [0.25, 0.3) is 0 Å². The molecule has 0 bridgehead atoms. The number of carbonyl (C=O) groups excluding carboxylic acids is 1. The Morgan fingerprint density at radius 1 is 1.33 bits per heavy atom. The topological polar surface area (TPSA) is 45.7 Å². The van der Waals surface area contributed by atoms with Gasteiger partial charge in [-0.05, 0) is 42.8 Å². The SMILES string of the molecule is CC(C)(C)OC(=O)N1C[C@H]2CN(c3cncc(Br)c3)C[C@H]21. The normalized spacial score (nSPS) is 24.6. The number of nitrogens with zero attached hydrogens (tertiary/aromatic N) is 3. The van der Waals surface area contributed by atoms with Crippen molar-refractivity contribution in [1.82, 2.24) is 9.88 Å². The van der Waals surface area contributed by atoms with Gasteiger partial charge in [0.1, 0.15) is 5.60 Å². The molecule has 0 aromatic carbocycles. The van der Waals surface area contributed by atoms with Crippen LogP contribution in [0.3, 0.4) is 0 Å². The third kappa shape index (κ3) is 3.00. The fourth-order valence-electron chi connectivity index (χ4n) is 2.95. The molecule has 2 atom stereocenters. The Kier molecular flexibility index (Phi) is 3.59. The zero-order chi connectivity index (χ0) is 15.2. The quantitative estimate of drug-likeness (QED) is 0.778. The van der Waals surface area contributed by atoms with E-state index in [1.54, 1.807) is 6.20 Å². The molecule has 21 heavy (non-hydrogen) atoms. The van der Waals surface area contributed by atoms with Crippen molar-refractivity contribution in [2.24, 2.45) is 5.92 Å². The lowest BCUT2D eigenvalue weighted by Gasteiger charge is -2.43. The first-order valence-corrected chi connectivity index (χ1v) is 7.98. The van der Waals surface area contributed by atoms with Crippen molar-refractivity contribution in [2.75, 3.05) is 24.5 Å². The Hall–Kier alpha value is -1.30. The van der Waals surface area contributed by atoms with Gasteiger partial charge in [0.25, 0.3) is 0 Å². The van der Waals surface area contributed by atoms with Crippen molar-refractivity contribution < 1.29 is 9.53 Å². The zero-order valence-corrected chi connectivity index (χ0v) is 14.1. The molecule has 114 valence electrons. The molecule has 0 spiro atoms. The first kappa shape index (κ1) is 14.6. The van der Waals surface area contributed by atoms with Crippen molar-refractivity contribution in [3.8, 4) is 0 Å². The number of hydrogen-bond acceptors (Lipinski definition) is 4. The molecule has 5 nitrogen and oxygen atoms in total. The Balaban J connectivity index is 1.64. The first-order chi connectivity index (χ1) is 9.83. The van der Waals surface area contributed by atoms with Gasteiger partial charge in [-0.3, -0.25) is 4.98 Å². The van der Waals surface area contributed by atoms with Gasteiger partial charge in [-0.15, -0.1) is 0 Å². The molecule has 2 fully saturated rings. The summed E-state index contributed by atoms with van der Waals surface area (Å²) in [6.07, 6.45) is 3.45. The number of pyridine rings is 1. The molecule has 0 saturated carbocycles. The van der Waals surface area contributed by atoms with Crippen LogP contribution in [-0.4, -0.2) is 47.3 Å². The molecule has 3 heterocycles. The Morgan fingerprint density at radius 2 is 2.10 bits per heavy atom. The van der Waals surface area contributed by atoms with E-state index in [0.29, 0.717) is 5.92 Å². The highest BCUT2D eigenvalue weighted by atomic mass is 79.9. The number of fused-ring (bicyclic) bond motifs is 1. The van der Waals surface area contributed by atoms with Crippen LogP contribution in [0.1, 0.15) is 20.8 Å². The van der Waals surface area contributed by atoms with Crippen LogP contribution >= 0.6 is 15.9 Å². The molecular formula is C15H20BrN3O2. The van der Waals surface area contributed by atoms with Crippen LogP contribution in [0.5, 0.6) is 0 Å². The van der Waals surface area contributed by atoms with Crippen molar-refractivity contribution in [2.45, 2.75) is 32.4 Å². The van der Waals surface area contributed by atoms with Crippen LogP contribution in [0.15, 0.2) is 22.9 Å². The minimum Gasteiger partial charge on any atom is -0.444 e. The molecule has 0 N–H and O–H groups in total. The van der Waals surface area contributed by atoms with Crippen LogP contribution < -0.4 is 4.90 Å². The van der Waals surface area contributed by atoms with Crippen LogP contribution in [-0.2, 0) is 4.74 Å². The third-order valence-electron chi connectivity index (χ3n) is 3.92. The van der Waals surface area contributed by atoms with Crippen LogP contribution in [0, 0.1) is 5.92 Å². The second kappa shape index (κ2) is 5.16. The smallest absolute Gasteiger partial charge is 0.410 e. The lowest BCUT2D eigenvalue weighted by Crippen LogP contribution is -2.59. The molecule has 1 aromatic heterocycles. The molecular weight excluding hydrogens is 334 g/mol. The summed E-state index contributed by atoms with van der Waals surface area (Å²) in [5, 5.41) is 0. The van der Waals surface area contributed by atoms with Gasteiger partial charge in [-0.1, -0.05) is 0 Å². The predicted octanol–water partition coefficient (Wildman–Crippen LogP) is 2.90. The number of hydrogen-bond donors (Lipinski definition) is 0. The highest BCUT2D eigenvalue weighted by Gasteiger charge is 2.49. The fourth-order valence-corrected chi connectivity index (χ4v) is 3.30. The van der Waals surface area contributed by atoms with Crippen LogP contribution in [0.2, 0.25) is 0 Å². The summed E-state index contributed by atoms with van der Waals surface area (Å²) in [5.41, 5.74) is 0.664. The molecule has 2 aliphatic heterocycles. The summed E-state index contributed by atoms with van der Waals surface area (Å²) in [7, 11) is 0. The number of anilines is 1. The third-order valence-corrected chi connectivity index (χ3v) is 4.36. The Morgan fingerprint density at radius 3 is 2.76 bits per heavy atom. The molecule has 0 aliphatic carbocycles. The number of halogens is 1. The maximum atomic E-state index is 12.1. The van der Waals surface area contributed by atoms with E-state index in [-0.39, 0.29) is 12.1 Å². The van der Waals surface area contributed by atoms with E-state index in [1.807, 2.05) is 31.9 Å². The monoisotopic (exact) mass is 353 g/mol. The fraction of sp³-hybridized carbons (Fsp3) is 0.600. The predicted molar refractivity (Wildman–Crippen MR) is 84.4 cm³/mol. The summed E-state index contributed by atoms with van der Waals surface area (Å²) in [4.78, 5) is 20.5. The molecule has 3 rings (SSSR count). The summed E-state index contributed by atoms with van der Waals surface area (Å²) in [6.45, 7) is 8.31. The van der Waals surface area contributed by atoms with Gasteiger partial charge in [0.05, 0.1) is 17.9 Å². The highest BCUT2D eigenvalue weighted by Crippen LogP contribution is 2.36. The number of rotatable bonds is 1. The molecule has 2 aliphatic rings. The lowest BCUT2D eigenvalue weighted by atomic mass is 9.93. The maximum absolute atomic E-state index is 12.1. The molecule has 1 amide bonds. The average molecular weight is 354 g/mol. The average Bonchev–Trinajstić information content (AvgIpc) is 2.65. The maximum Gasteiger partial charge on any atom is 0.410 e. The lowest BCUT2D eigenvalue weighted by molar-refractivity contribution is -0.0163. The summed E-state index contributed by atoms with van der Waals surface area (Å²) >= 11 is 3.45. The molecule has 0 unspecified atom stereocenters. The van der Waals surface area contributed by atoms with E-state index in [1.165, 1.54) is 0 Å². The largest absolute Gasteiger partial charge is 0.444 e. The van der Waals surface area contributed by atoms with Gasteiger partial charge in [0, 0.05) is 36.2 Å². The van der Waals surface area contributed by atoms with E-state index in [4.69, 9.17) is 4.74 Å². The number of amides is 1. The second-order valence-electron chi connectivity index (χ2n) is 6.73. The summed E-state index contributed by atoms with van der Waals surface area (Å²) in [6, 6.07) is 2.33. The van der Waals surface area contributed by atoms with Crippen LogP contribution in [0.4, 0.5) is 10.5 Å². The van der Waals surface area contributed by atoms with E-state index in [0.717, 1.165) is 29.8 Å². The number of aromatic nitrogens is 1. The van der Waals surface area contributed by atoms with Gasteiger partial charge in [-0.25, -0.2) is 4.79 Å². The Bertz CT molecular complexity index is 558. The van der Waals surface area contributed by atoms with Crippen molar-refractivity contribution in [1.29, 1.82) is 0 Å². The highest BCUT2D eigenvalue weighted by molar-refractivity contribution is 9.10. The number of likely N-dealkylation sites (tertiary alicyclic amines) is 1. The minimum absolute atomic E-state index is 0.196. The number of ether oxygens (including phenoxy) is 1. The zero-order valence-electron chi connectivity index (χ0n) is 12.5. The molecule has 6 heteroatoms. The van der Waals surface area contributed by atoms with Gasteiger partial charge >= 0.3 is 6.09 Å². The van der Waals surface area contributed by atoms with Crippen molar-refractivity contribution in [3.05, 3.63) is 22.9 Å². The molecule has 2 saturated heterocycles. The molecule has 0 radical (unpaired) electrons. The summed E-state index contributed by atoms with van der Waals surface area (Å²) in [5.74, 6) is 0.538. The van der Waals surface area contributed by atoms with Crippen molar-refractivity contribution in [3.63, 3.8) is 0 Å². The first-order valence-electron chi connectivity index (χ1n) is 7.18. The van der Waals surface area contributed by atoms with E-state index in [9.17, 15) is 4.79 Å². The van der Waals surface area contributed by atoms with Crippen molar-refractivity contribution >= 4 is 27.7 Å². The number of carbonyl (C=O) groups is 1. The van der Waals surface area contributed by atoms with E-state index >= 15 is 0 Å². The van der Waals surface area contributed by atoms with Gasteiger partial charge < -0.3 is 14.5 Å². The van der Waals surface area contributed by atoms with E-state index in [2.05, 4.69) is 31.9 Å². The standard InChI is InChI=1S/C15H20BrN3O2/c1-15(2,3)21-14(20)19-8-10-7-18(9-13(10)19)12-4-11(16)5-17-6-12/h4-6,10,13H,7-9H2,1-3H3/t10-,13-/m1/s1. The second-order valence-corrected chi connectivity index (χ2v) is 7.64. The van der Waals surface area contributed by atoms with Gasteiger partial charge in [0.15, 0.2) is 0 Å².